The van der Waals surface area contributed by atoms with Crippen LogP contribution in [0.4, 0.5) is 34.1 Å². The van der Waals surface area contributed by atoms with Crippen molar-refractivity contribution in [3.8, 4) is 0 Å². The molecule has 4 amide bonds. The van der Waals surface area contributed by atoms with Gasteiger partial charge in [-0.15, -0.1) is 0 Å². The van der Waals surface area contributed by atoms with Crippen LogP contribution in [0, 0.1) is 0 Å². The lowest BCUT2D eigenvalue weighted by Crippen LogP contribution is -2.32. The maximum atomic E-state index is 13.6. The van der Waals surface area contributed by atoms with E-state index < -0.39 is 22.8 Å². The average molecular weight is 1140 g/mol. The van der Waals surface area contributed by atoms with Crippen LogP contribution in [0.1, 0.15) is 72.4 Å². The van der Waals surface area contributed by atoms with E-state index in [1.54, 1.807) is 72.8 Å². The van der Waals surface area contributed by atoms with Gasteiger partial charge in [-0.05, 0) is 116 Å². The first kappa shape index (κ1) is 57.3. The van der Waals surface area contributed by atoms with Crippen molar-refractivity contribution in [1.29, 1.82) is 0 Å². The van der Waals surface area contributed by atoms with Crippen LogP contribution in [0.5, 0.6) is 0 Å². The Hall–Kier alpha value is -10.9. The average Bonchev–Trinajstić information content (AvgIpc) is 3.25. The molecule has 0 unspecified atom stereocenters. The fourth-order valence-electron chi connectivity index (χ4n) is 10.4. The minimum absolute atomic E-state index is 0.118. The normalized spacial score (nSPS) is 14.5. The molecule has 6 aromatic carbocycles. The Labute approximate surface area is 487 Å². The molecule has 2 aliphatic rings. The number of ether oxygens (including phenoxy) is 2. The lowest BCUT2D eigenvalue weighted by Gasteiger charge is -2.26. The molecule has 0 atom stereocenters. The highest BCUT2D eigenvalue weighted by atomic mass is 16.5. The standard InChI is InChI=1S/C65H60N10O10/c1-64(2)46-34-40(60(80)68-42-16-10-8-11-17-42)22-28-52(46)74(38-58(78)84-32-30-56(76)66-44-24-26-48-50(36-44)72-62(82)70-48)54(64)20-14-6-5-7-15-21-55-65(3,4)47-35-41(61(81)69-43-18-12-9-13-19-43)23-29-53(47)75(55)39-59(79)85-33-31-57(77)67-45-25-27-49-51(37-45)73-63(83)71-49/h5-29,34-37H,30-33,38-39H2,1-4H3,(H7-,66,67,68,69,70,71,72,73,76,77,80,81,82,83)/p+1. The van der Waals surface area contributed by atoms with Crippen LogP contribution in [0.25, 0.3) is 22.1 Å². The van der Waals surface area contributed by atoms with E-state index >= 15 is 0 Å². The number of aromatic amines is 4. The SMILES string of the molecule is CC1(C)C(/C=C/C=C/C=C/C=C2/N(CC(=O)OCCC(=O)Nc3ccc4[nH]c(=O)[nH]c4c3)c3ccc(C(=O)Nc4ccccc4)cc3C2(C)C)=[N+](CC(=O)OCCC(=O)Nc2ccc3[nH]c(=O)[nH]c3c2)c2ccc(C(=O)Nc3ccccc3)cc21. The lowest BCUT2D eigenvalue weighted by atomic mass is 9.80. The zero-order chi connectivity index (χ0) is 59.8. The second kappa shape index (κ2) is 24.7. The molecule has 8 aromatic rings. The van der Waals surface area contributed by atoms with E-state index in [0.717, 1.165) is 22.5 Å². The Morgan fingerprint density at radius 3 is 1.60 bits per heavy atom. The summed E-state index contributed by atoms with van der Waals surface area (Å²) in [7, 11) is 0. The van der Waals surface area contributed by atoms with Gasteiger partial charge < -0.3 is 55.6 Å². The predicted molar refractivity (Wildman–Crippen MR) is 327 cm³/mol. The lowest BCUT2D eigenvalue weighted by molar-refractivity contribution is -0.428. The highest BCUT2D eigenvalue weighted by Gasteiger charge is 2.46. The van der Waals surface area contributed by atoms with Gasteiger partial charge in [0.2, 0.25) is 24.0 Å². The molecular formula is C65H61N10O10+. The molecule has 0 saturated carbocycles. The summed E-state index contributed by atoms with van der Waals surface area (Å²) in [6.07, 6.45) is 12.7. The number of para-hydroxylation sites is 2. The number of benzene rings is 6. The van der Waals surface area contributed by atoms with Gasteiger partial charge in [0.25, 0.3) is 11.8 Å². The van der Waals surface area contributed by atoms with Crippen molar-refractivity contribution in [3.63, 3.8) is 0 Å². The van der Waals surface area contributed by atoms with E-state index in [4.69, 9.17) is 9.47 Å². The molecule has 4 heterocycles. The highest BCUT2D eigenvalue weighted by Crippen LogP contribution is 2.48. The molecule has 430 valence electrons. The molecule has 0 radical (unpaired) electrons. The number of hydrogen-bond donors (Lipinski definition) is 8. The molecule has 10 rings (SSSR count). The molecular weight excluding hydrogens is 1080 g/mol. The number of H-pyrrole nitrogens is 4. The summed E-state index contributed by atoms with van der Waals surface area (Å²) >= 11 is 0. The molecule has 20 heteroatoms. The van der Waals surface area contributed by atoms with Gasteiger partial charge in [0.1, 0.15) is 19.8 Å². The number of allylic oxidation sites excluding steroid dienone is 8. The van der Waals surface area contributed by atoms with E-state index in [1.807, 2.05) is 140 Å². The molecule has 0 spiro atoms. The van der Waals surface area contributed by atoms with E-state index in [0.29, 0.717) is 67.3 Å². The Morgan fingerprint density at radius 1 is 0.518 bits per heavy atom. The highest BCUT2D eigenvalue weighted by molar-refractivity contribution is 6.08. The van der Waals surface area contributed by atoms with Crippen LogP contribution in [-0.4, -0.2) is 92.1 Å². The molecule has 20 nitrogen and oxygen atoms in total. The van der Waals surface area contributed by atoms with Crippen molar-refractivity contribution < 1.29 is 42.8 Å². The number of nitrogens with zero attached hydrogens (tertiary/aromatic N) is 2. The van der Waals surface area contributed by atoms with Gasteiger partial charge in [-0.25, -0.2) is 14.4 Å². The van der Waals surface area contributed by atoms with E-state index in [2.05, 4.69) is 41.2 Å². The van der Waals surface area contributed by atoms with Gasteiger partial charge in [0.05, 0.1) is 40.3 Å². The number of carbonyl (C=O) groups excluding carboxylic acids is 6. The predicted octanol–water partition coefficient (Wildman–Crippen LogP) is 9.40. The first-order chi connectivity index (χ1) is 40.9. The number of anilines is 5. The molecule has 2 aromatic heterocycles. The Kier molecular flexibility index (Phi) is 16.7. The smallest absolute Gasteiger partial charge is 0.372 e. The van der Waals surface area contributed by atoms with Gasteiger partial charge in [-0.1, -0.05) is 80.6 Å². The monoisotopic (exact) mass is 1140 g/mol. The summed E-state index contributed by atoms with van der Waals surface area (Å²) in [6.45, 7) is 7.25. The Bertz CT molecular complexity index is 4220. The van der Waals surface area contributed by atoms with Gasteiger partial charge in [-0.3, -0.25) is 24.0 Å². The summed E-state index contributed by atoms with van der Waals surface area (Å²) in [5.74, 6) is -2.53. The molecule has 85 heavy (non-hydrogen) atoms. The third-order valence-corrected chi connectivity index (χ3v) is 14.7. The summed E-state index contributed by atoms with van der Waals surface area (Å²) < 4.78 is 13.1. The number of esters is 2. The van der Waals surface area contributed by atoms with Gasteiger partial charge in [-0.2, -0.15) is 4.58 Å². The summed E-state index contributed by atoms with van der Waals surface area (Å²) in [6, 6.07) is 38.9. The largest absolute Gasteiger partial charge is 0.464 e. The zero-order valence-corrected chi connectivity index (χ0v) is 47.0. The van der Waals surface area contributed by atoms with Crippen LogP contribution in [0.3, 0.4) is 0 Å². The molecule has 0 saturated heterocycles. The van der Waals surface area contributed by atoms with Crippen molar-refractivity contribution in [2.75, 3.05) is 52.5 Å². The molecule has 0 bridgehead atoms. The molecule has 2 aliphatic heterocycles. The van der Waals surface area contributed by atoms with E-state index in [-0.39, 0.29) is 74.2 Å². The first-order valence-electron chi connectivity index (χ1n) is 27.4. The maximum Gasteiger partial charge on any atom is 0.372 e. The third-order valence-electron chi connectivity index (χ3n) is 14.7. The fraction of sp³-hybridized carbons (Fsp3) is 0.185. The summed E-state index contributed by atoms with van der Waals surface area (Å²) in [5, 5.41) is 11.4. The van der Waals surface area contributed by atoms with Crippen molar-refractivity contribution >= 4 is 97.5 Å². The maximum absolute atomic E-state index is 13.6. The van der Waals surface area contributed by atoms with Gasteiger partial charge >= 0.3 is 23.3 Å². The second-order valence-electron chi connectivity index (χ2n) is 21.3. The molecule has 8 N–H and O–H groups in total. The van der Waals surface area contributed by atoms with E-state index in [1.165, 1.54) is 0 Å². The number of amides is 4. The summed E-state index contributed by atoms with van der Waals surface area (Å²) in [5.41, 5.74) is 7.69. The van der Waals surface area contributed by atoms with Gasteiger partial charge in [0, 0.05) is 68.4 Å². The molecule has 0 fully saturated rings. The Morgan fingerprint density at radius 2 is 1.02 bits per heavy atom. The quantitative estimate of drug-likeness (QED) is 0.0202. The number of carbonyl (C=O) groups is 6. The fourth-order valence-corrected chi connectivity index (χ4v) is 10.4. The minimum Gasteiger partial charge on any atom is -0.464 e. The van der Waals surface area contributed by atoms with Crippen molar-refractivity contribution in [2.24, 2.45) is 0 Å². The number of rotatable bonds is 20. The van der Waals surface area contributed by atoms with Crippen molar-refractivity contribution in [1.82, 2.24) is 19.9 Å². The van der Waals surface area contributed by atoms with Crippen LogP contribution < -0.4 is 37.5 Å². The van der Waals surface area contributed by atoms with Crippen LogP contribution in [0.2, 0.25) is 0 Å². The van der Waals surface area contributed by atoms with Crippen molar-refractivity contribution in [2.45, 2.75) is 51.4 Å². The summed E-state index contributed by atoms with van der Waals surface area (Å²) in [4.78, 5) is 116. The number of aromatic nitrogens is 4. The number of imidazole rings is 2. The van der Waals surface area contributed by atoms with Crippen molar-refractivity contribution in [3.05, 3.63) is 225 Å². The second-order valence-corrected chi connectivity index (χ2v) is 21.3. The zero-order valence-electron chi connectivity index (χ0n) is 47.0. The molecule has 0 aliphatic carbocycles. The minimum atomic E-state index is -0.710. The van der Waals surface area contributed by atoms with Crippen LogP contribution >= 0.6 is 0 Å². The Balaban J connectivity index is 0.846. The van der Waals surface area contributed by atoms with E-state index in [9.17, 15) is 38.4 Å². The van der Waals surface area contributed by atoms with Gasteiger partial charge in [0.15, 0.2) is 5.71 Å². The first-order valence-corrected chi connectivity index (χ1v) is 27.4. The number of nitrogens with one attached hydrogen (secondary N) is 8. The topological polar surface area (TPSA) is 273 Å². The number of fused-ring (bicyclic) bond motifs is 4. The van der Waals surface area contributed by atoms with Crippen LogP contribution in [-0.2, 0) is 39.5 Å². The van der Waals surface area contributed by atoms with Crippen LogP contribution in [0.15, 0.2) is 191 Å². The number of hydrogen-bond acceptors (Lipinski definition) is 11. The third kappa shape index (κ3) is 13.2.